The molecule has 0 bridgehead atoms. The maximum Gasteiger partial charge on any atom is 0.413 e. The monoisotopic (exact) mass is 319 g/mol. The van der Waals surface area contributed by atoms with Crippen molar-refractivity contribution in [3.63, 3.8) is 0 Å². The van der Waals surface area contributed by atoms with Gasteiger partial charge < -0.3 is 10.1 Å². The molecule has 1 aromatic rings. The lowest BCUT2D eigenvalue weighted by atomic mass is 9.84. The number of nitrogens with zero attached hydrogens (tertiary/aromatic N) is 1. The predicted molar refractivity (Wildman–Crippen MR) is 93.8 cm³/mol. The van der Waals surface area contributed by atoms with E-state index in [2.05, 4.69) is 22.5 Å². The first-order valence-electron chi connectivity index (χ1n) is 8.56. The Morgan fingerprint density at radius 2 is 1.96 bits per heavy atom. The van der Waals surface area contributed by atoms with Crippen molar-refractivity contribution in [1.82, 2.24) is 4.98 Å². The van der Waals surface area contributed by atoms with Crippen molar-refractivity contribution in [2.45, 2.75) is 71.4 Å². The molecule has 1 aliphatic carbocycles. The summed E-state index contributed by atoms with van der Waals surface area (Å²) in [7, 11) is 0. The standard InChI is InChI=1S/C18H29N3O2/c1-13(14-8-6-5-7-9-14)20-15-10-11-16(19-12-15)21-17(22)23-18(2,3)4/h10-14,20H,5-9H2,1-4H3,(H,19,21,22). The third kappa shape index (κ3) is 6.08. The van der Waals surface area contributed by atoms with E-state index in [1.165, 1.54) is 32.1 Å². The zero-order chi connectivity index (χ0) is 16.9. The summed E-state index contributed by atoms with van der Waals surface area (Å²) in [5.41, 5.74) is 0.471. The van der Waals surface area contributed by atoms with Crippen molar-refractivity contribution in [2.24, 2.45) is 5.92 Å². The van der Waals surface area contributed by atoms with E-state index in [0.29, 0.717) is 11.9 Å². The van der Waals surface area contributed by atoms with Gasteiger partial charge in [-0.1, -0.05) is 19.3 Å². The van der Waals surface area contributed by atoms with E-state index in [0.717, 1.165) is 11.6 Å². The van der Waals surface area contributed by atoms with Gasteiger partial charge >= 0.3 is 6.09 Å². The lowest BCUT2D eigenvalue weighted by Crippen LogP contribution is -2.28. The van der Waals surface area contributed by atoms with Gasteiger partial charge in [-0.05, 0) is 58.6 Å². The Morgan fingerprint density at radius 1 is 1.26 bits per heavy atom. The highest BCUT2D eigenvalue weighted by molar-refractivity contribution is 5.83. The number of nitrogens with one attached hydrogen (secondary N) is 2. The number of pyridine rings is 1. The number of rotatable bonds is 4. The molecule has 1 aliphatic rings. The van der Waals surface area contributed by atoms with E-state index in [1.807, 2.05) is 26.8 Å². The van der Waals surface area contributed by atoms with Crippen LogP contribution in [0.5, 0.6) is 0 Å². The van der Waals surface area contributed by atoms with Crippen molar-refractivity contribution >= 4 is 17.6 Å². The second-order valence-electron chi connectivity index (χ2n) is 7.39. The molecule has 5 nitrogen and oxygen atoms in total. The van der Waals surface area contributed by atoms with Crippen LogP contribution in [0.25, 0.3) is 0 Å². The highest BCUT2D eigenvalue weighted by Crippen LogP contribution is 2.28. The Kier molecular flexibility index (Phi) is 5.85. The summed E-state index contributed by atoms with van der Waals surface area (Å²) in [6, 6.07) is 4.18. The van der Waals surface area contributed by atoms with Gasteiger partial charge in [0.2, 0.25) is 0 Å². The van der Waals surface area contributed by atoms with Crippen LogP contribution in [0.4, 0.5) is 16.3 Å². The Morgan fingerprint density at radius 3 is 2.52 bits per heavy atom. The first kappa shape index (κ1) is 17.6. The maximum atomic E-state index is 11.7. The molecular formula is C18H29N3O2. The van der Waals surface area contributed by atoms with E-state index in [9.17, 15) is 4.79 Å². The zero-order valence-corrected chi connectivity index (χ0v) is 14.7. The number of anilines is 2. The molecule has 1 amide bonds. The topological polar surface area (TPSA) is 63.2 Å². The van der Waals surface area contributed by atoms with Gasteiger partial charge in [0.1, 0.15) is 11.4 Å². The Bertz CT molecular complexity index is 502. The molecule has 0 saturated heterocycles. The minimum Gasteiger partial charge on any atom is -0.444 e. The molecule has 0 aliphatic heterocycles. The molecule has 1 unspecified atom stereocenters. The van der Waals surface area contributed by atoms with Gasteiger partial charge in [-0.2, -0.15) is 0 Å². The van der Waals surface area contributed by atoms with E-state index in [-0.39, 0.29) is 0 Å². The summed E-state index contributed by atoms with van der Waals surface area (Å²) >= 11 is 0. The van der Waals surface area contributed by atoms with Crippen LogP contribution in [0.2, 0.25) is 0 Å². The minimum atomic E-state index is -0.513. The van der Waals surface area contributed by atoms with Crippen LogP contribution in [0.1, 0.15) is 59.8 Å². The lowest BCUT2D eigenvalue weighted by Gasteiger charge is -2.28. The quantitative estimate of drug-likeness (QED) is 0.836. The van der Waals surface area contributed by atoms with Crippen molar-refractivity contribution in [3.05, 3.63) is 18.3 Å². The van der Waals surface area contributed by atoms with Gasteiger partial charge in [0.15, 0.2) is 0 Å². The van der Waals surface area contributed by atoms with E-state index in [4.69, 9.17) is 4.74 Å². The van der Waals surface area contributed by atoms with Gasteiger partial charge in [0, 0.05) is 6.04 Å². The van der Waals surface area contributed by atoms with Crippen LogP contribution in [0.3, 0.4) is 0 Å². The summed E-state index contributed by atoms with van der Waals surface area (Å²) in [5, 5.41) is 6.17. The van der Waals surface area contributed by atoms with Crippen molar-refractivity contribution in [1.29, 1.82) is 0 Å². The zero-order valence-electron chi connectivity index (χ0n) is 14.7. The molecule has 1 fully saturated rings. The van der Waals surface area contributed by atoms with E-state index in [1.54, 1.807) is 12.3 Å². The normalized spacial score (nSPS) is 17.4. The fourth-order valence-electron chi connectivity index (χ4n) is 2.98. The van der Waals surface area contributed by atoms with Crippen LogP contribution < -0.4 is 10.6 Å². The highest BCUT2D eigenvalue weighted by atomic mass is 16.6. The fourth-order valence-corrected chi connectivity index (χ4v) is 2.98. The number of amides is 1. The average Bonchev–Trinajstić information content (AvgIpc) is 2.48. The van der Waals surface area contributed by atoms with Crippen LogP contribution in [-0.2, 0) is 4.74 Å². The van der Waals surface area contributed by atoms with Crippen LogP contribution in [0.15, 0.2) is 18.3 Å². The molecular weight excluding hydrogens is 290 g/mol. The van der Waals surface area contributed by atoms with Crippen LogP contribution in [-0.4, -0.2) is 22.7 Å². The number of hydrogen-bond acceptors (Lipinski definition) is 4. The number of carbonyl (C=O) groups is 1. The molecule has 0 radical (unpaired) electrons. The molecule has 128 valence electrons. The van der Waals surface area contributed by atoms with Crippen LogP contribution in [0, 0.1) is 5.92 Å². The second kappa shape index (κ2) is 7.66. The molecule has 2 rings (SSSR count). The molecule has 0 aromatic carbocycles. The third-order valence-electron chi connectivity index (χ3n) is 4.14. The highest BCUT2D eigenvalue weighted by Gasteiger charge is 2.20. The SMILES string of the molecule is CC(Nc1ccc(NC(=O)OC(C)(C)C)nc1)C1CCCCC1. The van der Waals surface area contributed by atoms with Crippen LogP contribution >= 0.6 is 0 Å². The number of hydrogen-bond donors (Lipinski definition) is 2. The molecule has 2 N–H and O–H groups in total. The Hall–Kier alpha value is -1.78. The van der Waals surface area contributed by atoms with Gasteiger partial charge in [-0.15, -0.1) is 0 Å². The maximum absolute atomic E-state index is 11.7. The Balaban J connectivity index is 1.85. The molecule has 0 spiro atoms. The summed E-state index contributed by atoms with van der Waals surface area (Å²) in [5.74, 6) is 1.23. The van der Waals surface area contributed by atoms with Gasteiger partial charge in [0.25, 0.3) is 0 Å². The van der Waals surface area contributed by atoms with Crippen molar-refractivity contribution in [3.8, 4) is 0 Å². The van der Waals surface area contributed by atoms with E-state index < -0.39 is 11.7 Å². The lowest BCUT2D eigenvalue weighted by molar-refractivity contribution is 0.0635. The van der Waals surface area contributed by atoms with Crippen molar-refractivity contribution in [2.75, 3.05) is 10.6 Å². The number of ether oxygens (including phenoxy) is 1. The summed E-state index contributed by atoms with van der Waals surface area (Å²) in [6.45, 7) is 7.74. The largest absolute Gasteiger partial charge is 0.444 e. The summed E-state index contributed by atoms with van der Waals surface area (Å²) in [4.78, 5) is 16.0. The third-order valence-corrected chi connectivity index (χ3v) is 4.14. The first-order chi connectivity index (χ1) is 10.8. The molecule has 23 heavy (non-hydrogen) atoms. The molecule has 5 heteroatoms. The smallest absolute Gasteiger partial charge is 0.413 e. The summed E-state index contributed by atoms with van der Waals surface area (Å²) in [6.07, 6.45) is 7.93. The number of carbonyl (C=O) groups excluding carboxylic acids is 1. The average molecular weight is 319 g/mol. The molecule has 1 atom stereocenters. The molecule has 1 heterocycles. The number of aromatic nitrogens is 1. The van der Waals surface area contributed by atoms with Gasteiger partial charge in [0.05, 0.1) is 11.9 Å². The van der Waals surface area contributed by atoms with Gasteiger partial charge in [-0.3, -0.25) is 5.32 Å². The molecule has 1 aromatic heterocycles. The fraction of sp³-hybridized carbons (Fsp3) is 0.667. The minimum absolute atomic E-state index is 0.446. The van der Waals surface area contributed by atoms with Gasteiger partial charge in [-0.25, -0.2) is 9.78 Å². The Labute approximate surface area is 139 Å². The van der Waals surface area contributed by atoms with E-state index >= 15 is 0 Å². The first-order valence-corrected chi connectivity index (χ1v) is 8.56. The second-order valence-corrected chi connectivity index (χ2v) is 7.39. The summed E-state index contributed by atoms with van der Waals surface area (Å²) < 4.78 is 5.21. The van der Waals surface area contributed by atoms with Crippen molar-refractivity contribution < 1.29 is 9.53 Å². The predicted octanol–water partition coefficient (Wildman–Crippen LogP) is 4.81. The molecule has 1 saturated carbocycles.